The minimum absolute atomic E-state index is 0.0133. The Kier molecular flexibility index (Phi) is 7.76. The lowest BCUT2D eigenvalue weighted by Gasteiger charge is -2.40. The van der Waals surface area contributed by atoms with Crippen LogP contribution in [0.15, 0.2) is 35.8 Å². The number of nitrogens with zero attached hydrogens (tertiary/aromatic N) is 3. The number of methoxy groups -OCH3 is 1. The minimum Gasteiger partial charge on any atom is -0.465 e. The van der Waals surface area contributed by atoms with E-state index in [-0.39, 0.29) is 23.1 Å². The molecular weight excluding hydrogens is 470 g/mol. The van der Waals surface area contributed by atoms with E-state index in [1.54, 1.807) is 9.80 Å². The van der Waals surface area contributed by atoms with Gasteiger partial charge in [-0.15, -0.1) is 11.3 Å². The second-order valence-electron chi connectivity index (χ2n) is 8.63. The molecule has 2 N–H and O–H groups in total. The molecule has 4 heterocycles. The molecule has 2 aliphatic heterocycles. The number of hydrogen-bond acceptors (Lipinski definition) is 8. The van der Waals surface area contributed by atoms with Crippen molar-refractivity contribution in [2.75, 3.05) is 46.4 Å². The van der Waals surface area contributed by atoms with Crippen LogP contribution in [0.1, 0.15) is 49.8 Å². The Morgan fingerprint density at radius 2 is 1.80 bits per heavy atom. The van der Waals surface area contributed by atoms with E-state index in [0.29, 0.717) is 63.4 Å². The number of amides is 3. The number of carbonyl (C=O) groups is 4. The van der Waals surface area contributed by atoms with E-state index in [2.05, 4.69) is 20.4 Å². The molecule has 0 spiro atoms. The van der Waals surface area contributed by atoms with E-state index in [0.717, 1.165) is 0 Å². The lowest BCUT2D eigenvalue weighted by atomic mass is 9.86. The minimum atomic E-state index is -1.06. The summed E-state index contributed by atoms with van der Waals surface area (Å²) < 4.78 is 4.67. The number of piperidine rings is 1. The van der Waals surface area contributed by atoms with Gasteiger partial charge in [0.05, 0.1) is 17.6 Å². The maximum atomic E-state index is 13.8. The molecule has 0 bridgehead atoms. The summed E-state index contributed by atoms with van der Waals surface area (Å²) in [6.45, 7) is 3.14. The molecular formula is C24H29N5O5S. The molecule has 2 fully saturated rings. The fourth-order valence-corrected chi connectivity index (χ4v) is 5.17. The Bertz CT molecular complexity index is 1070. The number of ether oxygens (including phenoxy) is 1. The summed E-state index contributed by atoms with van der Waals surface area (Å²) in [7, 11) is 1.27. The van der Waals surface area contributed by atoms with Gasteiger partial charge in [0.15, 0.2) is 0 Å². The van der Waals surface area contributed by atoms with Crippen molar-refractivity contribution in [1.29, 1.82) is 0 Å². The maximum Gasteiger partial charge on any atom is 0.339 e. The van der Waals surface area contributed by atoms with E-state index in [9.17, 15) is 19.2 Å². The zero-order valence-corrected chi connectivity index (χ0v) is 20.4. The van der Waals surface area contributed by atoms with E-state index in [1.807, 2.05) is 17.5 Å². The van der Waals surface area contributed by atoms with Crippen molar-refractivity contribution in [1.82, 2.24) is 25.4 Å². The Labute approximate surface area is 207 Å². The summed E-state index contributed by atoms with van der Waals surface area (Å²) in [5, 5.41) is 8.08. The molecule has 35 heavy (non-hydrogen) atoms. The van der Waals surface area contributed by atoms with Crippen molar-refractivity contribution in [3.05, 3.63) is 52.0 Å². The van der Waals surface area contributed by atoms with Crippen LogP contribution >= 0.6 is 11.3 Å². The second-order valence-corrected chi connectivity index (χ2v) is 9.57. The van der Waals surface area contributed by atoms with Gasteiger partial charge in [0.1, 0.15) is 11.2 Å². The molecule has 0 aliphatic carbocycles. The summed E-state index contributed by atoms with van der Waals surface area (Å²) in [6, 6.07) is 6.58. The second kappa shape index (κ2) is 11.0. The lowest BCUT2D eigenvalue weighted by molar-refractivity contribution is -0.139. The Morgan fingerprint density at radius 1 is 1.06 bits per heavy atom. The van der Waals surface area contributed by atoms with Crippen LogP contribution in [0.2, 0.25) is 0 Å². The predicted octanol–water partition coefficient (Wildman–Crippen LogP) is 1.16. The van der Waals surface area contributed by atoms with E-state index < -0.39 is 17.4 Å². The zero-order chi connectivity index (χ0) is 24.8. The SMILES string of the molecule is COC(=O)c1ccc(C(=O)NC2(C(=O)N3CCCN(C(=O)c4cccs4)CC3)CCNCC2)nc1. The highest BCUT2D eigenvalue weighted by Gasteiger charge is 2.44. The first-order valence-electron chi connectivity index (χ1n) is 11.6. The first kappa shape index (κ1) is 24.8. The van der Waals surface area contributed by atoms with Crippen LogP contribution in [-0.4, -0.2) is 90.4 Å². The predicted molar refractivity (Wildman–Crippen MR) is 129 cm³/mol. The summed E-state index contributed by atoms with van der Waals surface area (Å²) in [6.07, 6.45) is 2.85. The quantitative estimate of drug-likeness (QED) is 0.592. The lowest BCUT2D eigenvalue weighted by Crippen LogP contribution is -2.64. The van der Waals surface area contributed by atoms with Crippen LogP contribution in [0.5, 0.6) is 0 Å². The van der Waals surface area contributed by atoms with Gasteiger partial charge in [-0.05, 0) is 55.9 Å². The van der Waals surface area contributed by atoms with Gasteiger partial charge in [-0.25, -0.2) is 4.79 Å². The van der Waals surface area contributed by atoms with Crippen LogP contribution in [0.3, 0.4) is 0 Å². The van der Waals surface area contributed by atoms with Gasteiger partial charge in [-0.1, -0.05) is 6.07 Å². The normalized spacial score (nSPS) is 17.9. The molecule has 2 aliphatic rings. The highest BCUT2D eigenvalue weighted by Crippen LogP contribution is 2.24. The third-order valence-electron chi connectivity index (χ3n) is 6.44. The molecule has 2 aromatic heterocycles. The molecule has 2 saturated heterocycles. The highest BCUT2D eigenvalue weighted by atomic mass is 32.1. The molecule has 3 amide bonds. The highest BCUT2D eigenvalue weighted by molar-refractivity contribution is 7.12. The monoisotopic (exact) mass is 499 g/mol. The van der Waals surface area contributed by atoms with Gasteiger partial charge in [-0.3, -0.25) is 19.4 Å². The number of pyridine rings is 1. The van der Waals surface area contributed by atoms with Gasteiger partial charge in [0, 0.05) is 32.4 Å². The van der Waals surface area contributed by atoms with Crippen molar-refractivity contribution in [2.45, 2.75) is 24.8 Å². The number of aromatic nitrogens is 1. The average molecular weight is 500 g/mol. The fourth-order valence-electron chi connectivity index (χ4n) is 4.48. The third-order valence-corrected chi connectivity index (χ3v) is 7.30. The number of carbonyl (C=O) groups excluding carboxylic acids is 4. The number of nitrogens with one attached hydrogen (secondary N) is 2. The van der Waals surface area contributed by atoms with Crippen LogP contribution in [0.4, 0.5) is 0 Å². The fraction of sp³-hybridized carbons (Fsp3) is 0.458. The van der Waals surface area contributed by atoms with Gasteiger partial charge >= 0.3 is 5.97 Å². The number of esters is 1. The standard InChI is InChI=1S/C24H29N5O5S/c1-34-22(32)17-5-6-18(26-16-17)20(30)27-24(7-9-25-10-8-24)23(33)29-12-3-11-28(13-14-29)21(31)19-4-2-15-35-19/h2,4-6,15-16,25H,3,7-14H2,1H3,(H,27,30). The van der Waals surface area contributed by atoms with E-state index in [1.165, 1.54) is 36.8 Å². The molecule has 186 valence electrons. The first-order valence-corrected chi connectivity index (χ1v) is 12.5. The molecule has 4 rings (SSSR count). The van der Waals surface area contributed by atoms with Crippen molar-refractivity contribution in [3.63, 3.8) is 0 Å². The summed E-state index contributed by atoms with van der Waals surface area (Å²) in [5.74, 6) is -1.16. The Morgan fingerprint density at radius 3 is 2.46 bits per heavy atom. The largest absolute Gasteiger partial charge is 0.465 e. The Hall–Kier alpha value is -3.31. The van der Waals surface area contributed by atoms with Gasteiger partial charge in [-0.2, -0.15) is 0 Å². The molecule has 10 nitrogen and oxygen atoms in total. The van der Waals surface area contributed by atoms with Crippen LogP contribution in [-0.2, 0) is 9.53 Å². The molecule has 0 saturated carbocycles. The van der Waals surface area contributed by atoms with Crippen molar-refractivity contribution < 1.29 is 23.9 Å². The first-order chi connectivity index (χ1) is 16.9. The topological polar surface area (TPSA) is 121 Å². The molecule has 0 radical (unpaired) electrons. The summed E-state index contributed by atoms with van der Waals surface area (Å²) >= 11 is 1.41. The zero-order valence-electron chi connectivity index (χ0n) is 19.6. The van der Waals surface area contributed by atoms with Gasteiger partial charge < -0.3 is 25.2 Å². The maximum absolute atomic E-state index is 13.8. The molecule has 11 heteroatoms. The van der Waals surface area contributed by atoms with E-state index >= 15 is 0 Å². The van der Waals surface area contributed by atoms with E-state index in [4.69, 9.17) is 0 Å². The number of rotatable bonds is 5. The average Bonchev–Trinajstić information content (AvgIpc) is 3.32. The van der Waals surface area contributed by atoms with Crippen LogP contribution in [0.25, 0.3) is 0 Å². The molecule has 2 aromatic rings. The van der Waals surface area contributed by atoms with Crippen molar-refractivity contribution >= 4 is 35.0 Å². The van der Waals surface area contributed by atoms with Crippen molar-refractivity contribution in [3.8, 4) is 0 Å². The number of thiophene rings is 1. The third kappa shape index (κ3) is 5.51. The summed E-state index contributed by atoms with van der Waals surface area (Å²) in [5.41, 5.74) is -0.701. The molecule has 0 aromatic carbocycles. The summed E-state index contributed by atoms with van der Waals surface area (Å²) in [4.78, 5) is 59.6. The molecule has 0 atom stereocenters. The van der Waals surface area contributed by atoms with Gasteiger partial charge in [0.2, 0.25) is 5.91 Å². The van der Waals surface area contributed by atoms with Crippen LogP contribution in [0, 0.1) is 0 Å². The number of hydrogen-bond donors (Lipinski definition) is 2. The van der Waals surface area contributed by atoms with Gasteiger partial charge in [0.25, 0.3) is 11.8 Å². The Balaban J connectivity index is 1.46. The van der Waals surface area contributed by atoms with Crippen molar-refractivity contribution in [2.24, 2.45) is 0 Å². The smallest absolute Gasteiger partial charge is 0.339 e. The molecule has 0 unspecified atom stereocenters. The van der Waals surface area contributed by atoms with Crippen LogP contribution < -0.4 is 10.6 Å².